The zero-order valence-corrected chi connectivity index (χ0v) is 16.5. The molecule has 0 bridgehead atoms. The molecule has 2 heterocycles. The molecule has 0 atom stereocenters. The molecule has 0 spiro atoms. The number of para-hydroxylation sites is 1. The van der Waals surface area contributed by atoms with Gasteiger partial charge in [0.2, 0.25) is 5.91 Å². The molecule has 1 aliphatic heterocycles. The molecule has 1 saturated heterocycles. The number of amides is 1. The molecule has 6 nitrogen and oxygen atoms in total. The number of hydrogen-bond acceptors (Lipinski definition) is 5. The maximum atomic E-state index is 12.4. The minimum absolute atomic E-state index is 0.0861. The number of nitrogens with zero attached hydrogens (tertiary/aromatic N) is 3. The molecule has 29 heavy (non-hydrogen) atoms. The molecule has 0 saturated carbocycles. The predicted octanol–water partition coefficient (Wildman–Crippen LogP) is 3.93. The van der Waals surface area contributed by atoms with Crippen LogP contribution in [0.1, 0.15) is 18.4 Å². The lowest BCUT2D eigenvalue weighted by atomic mass is 10.1. The maximum Gasteiger partial charge on any atom is 0.228 e. The van der Waals surface area contributed by atoms with E-state index in [4.69, 9.17) is 4.74 Å². The van der Waals surface area contributed by atoms with Crippen LogP contribution in [0.4, 0.5) is 11.5 Å². The van der Waals surface area contributed by atoms with Crippen LogP contribution in [-0.4, -0.2) is 36.3 Å². The van der Waals surface area contributed by atoms with Crippen molar-refractivity contribution in [1.29, 1.82) is 0 Å². The number of carbonyl (C=O) groups excluding carboxylic acids is 1. The van der Waals surface area contributed by atoms with Gasteiger partial charge in [-0.1, -0.05) is 30.3 Å². The van der Waals surface area contributed by atoms with E-state index in [9.17, 15) is 4.79 Å². The quantitative estimate of drug-likeness (QED) is 0.693. The molecule has 1 amide bonds. The lowest BCUT2D eigenvalue weighted by Crippen LogP contribution is -2.19. The van der Waals surface area contributed by atoms with Gasteiger partial charge in [0.25, 0.3) is 0 Å². The molecule has 0 unspecified atom stereocenters. The molecule has 1 aromatic heterocycles. The number of ether oxygens (including phenoxy) is 1. The van der Waals surface area contributed by atoms with Gasteiger partial charge in [-0.3, -0.25) is 4.79 Å². The second-order valence-electron chi connectivity index (χ2n) is 7.09. The van der Waals surface area contributed by atoms with Crippen LogP contribution in [0.25, 0.3) is 11.3 Å². The van der Waals surface area contributed by atoms with Gasteiger partial charge in [-0.25, -0.2) is 0 Å². The van der Waals surface area contributed by atoms with Crippen LogP contribution in [0.15, 0.2) is 60.7 Å². The molecule has 2 aromatic carbocycles. The predicted molar refractivity (Wildman–Crippen MR) is 114 cm³/mol. The molecule has 1 fully saturated rings. The minimum atomic E-state index is -0.0861. The molecule has 148 valence electrons. The zero-order valence-electron chi connectivity index (χ0n) is 16.5. The Morgan fingerprint density at radius 2 is 1.76 bits per heavy atom. The van der Waals surface area contributed by atoms with Crippen LogP contribution < -0.4 is 15.0 Å². The van der Waals surface area contributed by atoms with Crippen molar-refractivity contribution in [2.45, 2.75) is 19.3 Å². The number of carbonyl (C=O) groups is 1. The number of hydrogen-bond donors (Lipinski definition) is 1. The topological polar surface area (TPSA) is 67.3 Å². The summed E-state index contributed by atoms with van der Waals surface area (Å²) in [4.78, 5) is 14.6. The Kier molecular flexibility index (Phi) is 5.70. The van der Waals surface area contributed by atoms with E-state index in [1.165, 1.54) is 12.8 Å². The molecule has 1 aliphatic rings. The third-order valence-electron chi connectivity index (χ3n) is 5.09. The highest BCUT2D eigenvalue weighted by Gasteiger charge is 2.14. The molecule has 6 heteroatoms. The fourth-order valence-corrected chi connectivity index (χ4v) is 3.55. The van der Waals surface area contributed by atoms with Gasteiger partial charge in [-0.05, 0) is 43.2 Å². The largest absolute Gasteiger partial charge is 0.496 e. The molecule has 4 rings (SSSR count). The summed E-state index contributed by atoms with van der Waals surface area (Å²) in [6.07, 6.45) is 2.69. The van der Waals surface area contributed by atoms with Crippen molar-refractivity contribution in [2.75, 3.05) is 30.4 Å². The minimum Gasteiger partial charge on any atom is -0.496 e. The SMILES string of the molecule is COc1ccccc1CC(=O)Nc1ccc(-c2ccc(N3CCCC3)nn2)cc1. The van der Waals surface area contributed by atoms with Crippen molar-refractivity contribution in [1.82, 2.24) is 10.2 Å². The number of methoxy groups -OCH3 is 1. The number of anilines is 2. The monoisotopic (exact) mass is 388 g/mol. The van der Waals surface area contributed by atoms with Gasteiger partial charge in [0.1, 0.15) is 5.75 Å². The standard InChI is InChI=1S/C23H24N4O2/c1-29-21-7-3-2-6-18(21)16-23(28)24-19-10-8-17(9-11-19)20-12-13-22(26-25-20)27-14-4-5-15-27/h2-3,6-13H,4-5,14-16H2,1H3,(H,24,28). The first-order valence-corrected chi connectivity index (χ1v) is 9.84. The lowest BCUT2D eigenvalue weighted by molar-refractivity contribution is -0.115. The van der Waals surface area contributed by atoms with Crippen molar-refractivity contribution in [3.63, 3.8) is 0 Å². The van der Waals surface area contributed by atoms with Gasteiger partial charge in [0.15, 0.2) is 5.82 Å². The highest BCUT2D eigenvalue weighted by molar-refractivity contribution is 5.92. The summed E-state index contributed by atoms with van der Waals surface area (Å²) >= 11 is 0. The average molecular weight is 388 g/mol. The van der Waals surface area contributed by atoms with E-state index < -0.39 is 0 Å². The third-order valence-corrected chi connectivity index (χ3v) is 5.09. The fraction of sp³-hybridized carbons (Fsp3) is 0.261. The van der Waals surface area contributed by atoms with E-state index in [1.807, 2.05) is 60.7 Å². The van der Waals surface area contributed by atoms with Crippen LogP contribution in [0.2, 0.25) is 0 Å². The highest BCUT2D eigenvalue weighted by atomic mass is 16.5. The summed E-state index contributed by atoms with van der Waals surface area (Å²) in [5.41, 5.74) is 3.39. The van der Waals surface area contributed by atoms with E-state index in [1.54, 1.807) is 7.11 Å². The molecule has 0 radical (unpaired) electrons. The Hall–Kier alpha value is -3.41. The summed E-state index contributed by atoms with van der Waals surface area (Å²) in [7, 11) is 1.61. The summed E-state index contributed by atoms with van der Waals surface area (Å²) in [5, 5.41) is 11.7. The molecular weight excluding hydrogens is 364 g/mol. The Bertz CT molecular complexity index is 965. The molecular formula is C23H24N4O2. The fourth-order valence-electron chi connectivity index (χ4n) is 3.55. The number of benzene rings is 2. The first kappa shape index (κ1) is 18.9. The maximum absolute atomic E-state index is 12.4. The summed E-state index contributed by atoms with van der Waals surface area (Å²) in [6.45, 7) is 2.11. The van der Waals surface area contributed by atoms with E-state index in [0.29, 0.717) is 5.75 Å². The summed E-state index contributed by atoms with van der Waals surface area (Å²) < 4.78 is 5.31. The van der Waals surface area contributed by atoms with Gasteiger partial charge >= 0.3 is 0 Å². The highest BCUT2D eigenvalue weighted by Crippen LogP contribution is 2.23. The normalized spacial score (nSPS) is 13.3. The Morgan fingerprint density at radius 1 is 1.00 bits per heavy atom. The molecule has 1 N–H and O–H groups in total. The smallest absolute Gasteiger partial charge is 0.228 e. The van der Waals surface area contributed by atoms with Gasteiger partial charge in [0, 0.05) is 29.9 Å². The summed E-state index contributed by atoms with van der Waals surface area (Å²) in [5.74, 6) is 1.57. The van der Waals surface area contributed by atoms with Crippen molar-refractivity contribution in [2.24, 2.45) is 0 Å². The summed E-state index contributed by atoms with van der Waals surface area (Å²) in [6, 6.07) is 19.2. The van der Waals surface area contributed by atoms with Crippen LogP contribution in [0.3, 0.4) is 0 Å². The van der Waals surface area contributed by atoms with Gasteiger partial charge in [-0.2, -0.15) is 0 Å². The van der Waals surface area contributed by atoms with Crippen LogP contribution in [-0.2, 0) is 11.2 Å². The molecule has 3 aromatic rings. The van der Waals surface area contributed by atoms with Crippen LogP contribution >= 0.6 is 0 Å². The van der Waals surface area contributed by atoms with E-state index in [2.05, 4.69) is 20.4 Å². The second kappa shape index (κ2) is 8.73. The lowest BCUT2D eigenvalue weighted by Gasteiger charge is -2.15. The zero-order chi connectivity index (χ0) is 20.1. The average Bonchev–Trinajstić information content (AvgIpc) is 3.30. The second-order valence-corrected chi connectivity index (χ2v) is 7.09. The number of nitrogens with one attached hydrogen (secondary N) is 1. The number of rotatable bonds is 6. The van der Waals surface area contributed by atoms with Gasteiger partial charge in [-0.15, -0.1) is 10.2 Å². The molecule has 0 aliphatic carbocycles. The van der Waals surface area contributed by atoms with Crippen LogP contribution in [0, 0.1) is 0 Å². The van der Waals surface area contributed by atoms with Crippen molar-refractivity contribution < 1.29 is 9.53 Å². The van der Waals surface area contributed by atoms with E-state index >= 15 is 0 Å². The van der Waals surface area contributed by atoms with Crippen molar-refractivity contribution in [3.05, 3.63) is 66.2 Å². The van der Waals surface area contributed by atoms with Crippen molar-refractivity contribution >= 4 is 17.4 Å². The first-order valence-electron chi connectivity index (χ1n) is 9.84. The van der Waals surface area contributed by atoms with Crippen LogP contribution in [0.5, 0.6) is 5.75 Å². The third kappa shape index (κ3) is 4.54. The van der Waals surface area contributed by atoms with Gasteiger partial charge in [0.05, 0.1) is 19.2 Å². The Morgan fingerprint density at radius 3 is 2.45 bits per heavy atom. The van der Waals surface area contributed by atoms with E-state index in [-0.39, 0.29) is 12.3 Å². The van der Waals surface area contributed by atoms with Gasteiger partial charge < -0.3 is 15.0 Å². The first-order chi connectivity index (χ1) is 14.2. The Labute approximate surface area is 170 Å². The Balaban J connectivity index is 1.39. The number of aromatic nitrogens is 2. The van der Waals surface area contributed by atoms with E-state index in [0.717, 1.165) is 41.4 Å². The van der Waals surface area contributed by atoms with Crippen molar-refractivity contribution in [3.8, 4) is 17.0 Å².